The summed E-state index contributed by atoms with van der Waals surface area (Å²) >= 11 is 0. The van der Waals surface area contributed by atoms with Gasteiger partial charge in [0.15, 0.2) is 0 Å². The standard InChI is InChI=1S/C21H23N3O/c1-24(2)19-8-6-18(7-9-19)22-13-17-11-16-10-14-4-3-5-15(14)12-20(16)23-21(17)25/h6-12,22H,3-5,13H2,1-2H3,(H,23,25). The Labute approximate surface area is 147 Å². The van der Waals surface area contributed by atoms with Crippen molar-refractivity contribution in [2.45, 2.75) is 25.8 Å². The molecule has 1 heterocycles. The summed E-state index contributed by atoms with van der Waals surface area (Å²) in [5.74, 6) is 0. The van der Waals surface area contributed by atoms with E-state index in [9.17, 15) is 4.79 Å². The normalized spacial score (nSPS) is 13.0. The molecule has 3 aromatic rings. The van der Waals surface area contributed by atoms with Gasteiger partial charge in [-0.3, -0.25) is 4.79 Å². The first-order valence-corrected chi connectivity index (χ1v) is 8.79. The van der Waals surface area contributed by atoms with Gasteiger partial charge in [-0.2, -0.15) is 0 Å². The highest BCUT2D eigenvalue weighted by atomic mass is 16.1. The molecule has 2 N–H and O–H groups in total. The van der Waals surface area contributed by atoms with Crippen LogP contribution in [0.15, 0.2) is 47.3 Å². The number of aromatic nitrogens is 1. The zero-order valence-corrected chi connectivity index (χ0v) is 14.7. The number of pyridine rings is 1. The minimum absolute atomic E-state index is 0.0112. The highest BCUT2D eigenvalue weighted by Gasteiger charge is 2.13. The molecule has 0 amide bonds. The Morgan fingerprint density at radius 2 is 1.76 bits per heavy atom. The number of nitrogens with one attached hydrogen (secondary N) is 2. The predicted octanol–water partition coefficient (Wildman–Crippen LogP) is 3.69. The molecule has 0 unspecified atom stereocenters. The number of H-pyrrole nitrogens is 1. The summed E-state index contributed by atoms with van der Waals surface area (Å²) in [4.78, 5) is 17.5. The van der Waals surface area contributed by atoms with Crippen molar-refractivity contribution in [2.75, 3.05) is 24.3 Å². The van der Waals surface area contributed by atoms with Crippen LogP contribution in [0.2, 0.25) is 0 Å². The molecule has 0 aliphatic heterocycles. The van der Waals surface area contributed by atoms with Gasteiger partial charge in [0.1, 0.15) is 0 Å². The fraction of sp³-hybridized carbons (Fsp3) is 0.286. The monoisotopic (exact) mass is 333 g/mol. The number of aryl methyl sites for hydroxylation is 2. The van der Waals surface area contributed by atoms with E-state index in [4.69, 9.17) is 0 Å². The maximum Gasteiger partial charge on any atom is 0.253 e. The lowest BCUT2D eigenvalue weighted by atomic mass is 10.0. The van der Waals surface area contributed by atoms with Crippen molar-refractivity contribution in [3.8, 4) is 0 Å². The van der Waals surface area contributed by atoms with Gasteiger partial charge in [0.05, 0.1) is 0 Å². The van der Waals surface area contributed by atoms with Crippen molar-refractivity contribution in [1.82, 2.24) is 4.98 Å². The molecule has 0 bridgehead atoms. The third kappa shape index (κ3) is 3.12. The molecule has 0 radical (unpaired) electrons. The van der Waals surface area contributed by atoms with Gasteiger partial charge in [0, 0.05) is 43.1 Å². The lowest BCUT2D eigenvalue weighted by Gasteiger charge is -2.13. The molecule has 2 aromatic carbocycles. The molecule has 4 heteroatoms. The summed E-state index contributed by atoms with van der Waals surface area (Å²) in [7, 11) is 4.04. The van der Waals surface area contributed by atoms with Crippen LogP contribution in [-0.4, -0.2) is 19.1 Å². The zero-order chi connectivity index (χ0) is 17.4. The Bertz CT molecular complexity index is 971. The molecule has 128 valence electrons. The van der Waals surface area contributed by atoms with E-state index in [1.807, 2.05) is 32.3 Å². The van der Waals surface area contributed by atoms with E-state index in [2.05, 4.69) is 39.5 Å². The SMILES string of the molecule is CN(C)c1ccc(NCc2cc3cc4c(cc3[nH]c2=O)CCC4)cc1. The average molecular weight is 333 g/mol. The first-order valence-electron chi connectivity index (χ1n) is 8.79. The number of rotatable bonds is 4. The summed E-state index contributed by atoms with van der Waals surface area (Å²) < 4.78 is 0. The van der Waals surface area contributed by atoms with E-state index in [0.29, 0.717) is 6.54 Å². The van der Waals surface area contributed by atoms with E-state index >= 15 is 0 Å². The maximum atomic E-state index is 12.4. The van der Waals surface area contributed by atoms with Crippen molar-refractivity contribution in [2.24, 2.45) is 0 Å². The highest BCUT2D eigenvalue weighted by Crippen LogP contribution is 2.26. The molecular formula is C21H23N3O. The number of nitrogens with zero attached hydrogens (tertiary/aromatic N) is 1. The highest BCUT2D eigenvalue weighted by molar-refractivity contribution is 5.81. The van der Waals surface area contributed by atoms with Crippen LogP contribution in [0, 0.1) is 0 Å². The summed E-state index contributed by atoms with van der Waals surface area (Å²) in [6.45, 7) is 0.518. The van der Waals surface area contributed by atoms with Crippen LogP contribution < -0.4 is 15.8 Å². The van der Waals surface area contributed by atoms with Crippen LogP contribution in [-0.2, 0) is 19.4 Å². The fourth-order valence-electron chi connectivity index (χ4n) is 3.53. The number of aromatic amines is 1. The maximum absolute atomic E-state index is 12.4. The Morgan fingerprint density at radius 1 is 1.04 bits per heavy atom. The van der Waals surface area contributed by atoms with Gasteiger partial charge in [-0.15, -0.1) is 0 Å². The Kier molecular flexibility index (Phi) is 3.96. The predicted molar refractivity (Wildman–Crippen MR) is 105 cm³/mol. The first kappa shape index (κ1) is 15.8. The van der Waals surface area contributed by atoms with E-state index in [0.717, 1.165) is 40.7 Å². The van der Waals surface area contributed by atoms with E-state index in [1.165, 1.54) is 17.5 Å². The zero-order valence-electron chi connectivity index (χ0n) is 14.7. The van der Waals surface area contributed by atoms with Crippen LogP contribution in [0.25, 0.3) is 10.9 Å². The van der Waals surface area contributed by atoms with E-state index in [-0.39, 0.29) is 5.56 Å². The third-order valence-electron chi connectivity index (χ3n) is 5.00. The van der Waals surface area contributed by atoms with Crippen LogP contribution in [0.1, 0.15) is 23.1 Å². The molecule has 1 aliphatic carbocycles. The molecule has 0 atom stereocenters. The number of hydrogen-bond donors (Lipinski definition) is 2. The first-order chi connectivity index (χ1) is 12.1. The third-order valence-corrected chi connectivity index (χ3v) is 5.00. The largest absolute Gasteiger partial charge is 0.381 e. The van der Waals surface area contributed by atoms with Gasteiger partial charge >= 0.3 is 0 Å². The van der Waals surface area contributed by atoms with Crippen LogP contribution in [0.3, 0.4) is 0 Å². The second-order valence-corrected chi connectivity index (χ2v) is 6.98. The Hall–Kier alpha value is -2.75. The second-order valence-electron chi connectivity index (χ2n) is 6.98. The molecule has 4 nitrogen and oxygen atoms in total. The van der Waals surface area contributed by atoms with Crippen LogP contribution >= 0.6 is 0 Å². The second kappa shape index (κ2) is 6.28. The van der Waals surface area contributed by atoms with Gasteiger partial charge in [-0.05, 0) is 78.2 Å². The van der Waals surface area contributed by atoms with Crippen molar-refractivity contribution in [3.63, 3.8) is 0 Å². The quantitative estimate of drug-likeness (QED) is 0.765. The lowest BCUT2D eigenvalue weighted by Crippen LogP contribution is -2.16. The summed E-state index contributed by atoms with van der Waals surface area (Å²) in [5, 5.41) is 4.47. The Balaban J connectivity index is 1.57. The van der Waals surface area contributed by atoms with E-state index in [1.54, 1.807) is 0 Å². The molecule has 0 fully saturated rings. The molecular weight excluding hydrogens is 310 g/mol. The number of fused-ring (bicyclic) bond motifs is 2. The number of anilines is 2. The average Bonchev–Trinajstić information content (AvgIpc) is 3.05. The van der Waals surface area contributed by atoms with Crippen LogP contribution in [0.5, 0.6) is 0 Å². The topological polar surface area (TPSA) is 48.1 Å². The van der Waals surface area contributed by atoms with Gasteiger partial charge in [0.2, 0.25) is 0 Å². The minimum atomic E-state index is -0.0112. The Morgan fingerprint density at radius 3 is 2.48 bits per heavy atom. The van der Waals surface area contributed by atoms with Gasteiger partial charge in [-0.25, -0.2) is 0 Å². The molecule has 1 aliphatic rings. The number of hydrogen-bond acceptors (Lipinski definition) is 3. The molecule has 0 spiro atoms. The molecule has 1 aromatic heterocycles. The summed E-state index contributed by atoms with van der Waals surface area (Å²) in [6.07, 6.45) is 3.49. The van der Waals surface area contributed by atoms with Gasteiger partial charge < -0.3 is 15.2 Å². The van der Waals surface area contributed by atoms with Crippen molar-refractivity contribution >= 4 is 22.3 Å². The molecule has 0 saturated carbocycles. The van der Waals surface area contributed by atoms with Gasteiger partial charge in [-0.1, -0.05) is 0 Å². The van der Waals surface area contributed by atoms with Crippen molar-refractivity contribution in [3.05, 3.63) is 69.5 Å². The number of benzene rings is 2. The summed E-state index contributed by atoms with van der Waals surface area (Å²) in [6, 6.07) is 14.6. The molecule has 25 heavy (non-hydrogen) atoms. The smallest absolute Gasteiger partial charge is 0.253 e. The van der Waals surface area contributed by atoms with E-state index < -0.39 is 0 Å². The minimum Gasteiger partial charge on any atom is -0.381 e. The lowest BCUT2D eigenvalue weighted by molar-refractivity contribution is 0.912. The fourth-order valence-corrected chi connectivity index (χ4v) is 3.53. The van der Waals surface area contributed by atoms with Gasteiger partial charge in [0.25, 0.3) is 5.56 Å². The van der Waals surface area contributed by atoms with Crippen molar-refractivity contribution < 1.29 is 0 Å². The molecule has 0 saturated heterocycles. The summed E-state index contributed by atoms with van der Waals surface area (Å²) in [5.41, 5.74) is 6.68. The van der Waals surface area contributed by atoms with Crippen LogP contribution in [0.4, 0.5) is 11.4 Å². The molecule has 4 rings (SSSR count). The van der Waals surface area contributed by atoms with Crippen molar-refractivity contribution in [1.29, 1.82) is 0 Å².